The van der Waals surface area contributed by atoms with Gasteiger partial charge in [0.15, 0.2) is 11.5 Å². The number of fused-ring (bicyclic) bond motifs is 1. The summed E-state index contributed by atoms with van der Waals surface area (Å²) in [5.74, 6) is -1.26. The molecule has 40 heavy (non-hydrogen) atoms. The lowest BCUT2D eigenvalue weighted by molar-refractivity contribution is -0.193. The van der Waals surface area contributed by atoms with Gasteiger partial charge in [0.05, 0.1) is 30.8 Å². The van der Waals surface area contributed by atoms with Crippen molar-refractivity contribution in [2.75, 3.05) is 38.9 Å². The molecule has 1 aliphatic rings. The number of methoxy groups -OCH3 is 1. The van der Waals surface area contributed by atoms with Gasteiger partial charge in [0.2, 0.25) is 5.92 Å². The second-order valence-electron chi connectivity index (χ2n) is 10.9. The molecule has 218 valence electrons. The molecule has 1 aliphatic carbocycles. The SMILES string of the molecule is COc1cc2nc(C)nc(N[C@H](C)c3cc(N)cc(C(F)(F)F)c3)c2cc1OCC1([C@@H](C)N(C)C)CC(F)(F)C1. The molecule has 2 atom stereocenters. The van der Waals surface area contributed by atoms with Crippen LogP contribution >= 0.6 is 0 Å². The predicted octanol–water partition coefficient (Wildman–Crippen LogP) is 6.47. The first kappa shape index (κ1) is 29.6. The molecular formula is C28H34F5N5O2. The Balaban J connectivity index is 1.68. The van der Waals surface area contributed by atoms with Crippen molar-refractivity contribution in [1.82, 2.24) is 14.9 Å². The van der Waals surface area contributed by atoms with Crippen molar-refractivity contribution >= 4 is 22.4 Å². The van der Waals surface area contributed by atoms with Gasteiger partial charge in [-0.1, -0.05) is 0 Å². The molecule has 0 aliphatic heterocycles. The maximum Gasteiger partial charge on any atom is 0.416 e. The minimum atomic E-state index is -4.54. The van der Waals surface area contributed by atoms with Crippen LogP contribution in [0.5, 0.6) is 11.5 Å². The van der Waals surface area contributed by atoms with Crippen LogP contribution in [0.25, 0.3) is 10.9 Å². The van der Waals surface area contributed by atoms with Gasteiger partial charge in [0.1, 0.15) is 11.6 Å². The molecule has 0 amide bonds. The highest BCUT2D eigenvalue weighted by molar-refractivity contribution is 5.92. The maximum absolute atomic E-state index is 14.0. The molecule has 1 heterocycles. The fourth-order valence-corrected chi connectivity index (χ4v) is 5.28. The summed E-state index contributed by atoms with van der Waals surface area (Å²) in [6.45, 7) is 5.33. The summed E-state index contributed by atoms with van der Waals surface area (Å²) in [6.07, 6.45) is -5.12. The first-order chi connectivity index (χ1) is 18.5. The smallest absolute Gasteiger partial charge is 0.416 e. The number of ether oxygens (including phenoxy) is 2. The number of alkyl halides is 5. The number of aryl methyl sites for hydroxylation is 1. The number of halogens is 5. The monoisotopic (exact) mass is 567 g/mol. The lowest BCUT2D eigenvalue weighted by atomic mass is 9.62. The maximum atomic E-state index is 14.0. The number of aromatic nitrogens is 2. The second-order valence-corrected chi connectivity index (χ2v) is 10.9. The molecule has 3 N–H and O–H groups in total. The molecule has 1 saturated carbocycles. The van der Waals surface area contributed by atoms with Crippen molar-refractivity contribution in [3.05, 3.63) is 47.3 Å². The van der Waals surface area contributed by atoms with Crippen LogP contribution in [0.1, 0.15) is 49.7 Å². The normalized spacial score (nSPS) is 17.8. The van der Waals surface area contributed by atoms with Gasteiger partial charge in [-0.05, 0) is 64.7 Å². The average Bonchev–Trinajstić information content (AvgIpc) is 2.84. The van der Waals surface area contributed by atoms with Gasteiger partial charge in [-0.3, -0.25) is 0 Å². The molecule has 3 aromatic rings. The van der Waals surface area contributed by atoms with Gasteiger partial charge in [-0.2, -0.15) is 13.2 Å². The van der Waals surface area contributed by atoms with Gasteiger partial charge in [0.25, 0.3) is 0 Å². The molecule has 12 heteroatoms. The van der Waals surface area contributed by atoms with E-state index in [1.807, 2.05) is 25.9 Å². The first-order valence-corrected chi connectivity index (χ1v) is 12.8. The Labute approximate surface area is 229 Å². The van der Waals surface area contributed by atoms with E-state index in [0.29, 0.717) is 39.6 Å². The van der Waals surface area contributed by atoms with Crippen molar-refractivity contribution in [2.24, 2.45) is 5.41 Å². The zero-order chi connectivity index (χ0) is 29.6. The van der Waals surface area contributed by atoms with Crippen LogP contribution in [-0.4, -0.2) is 54.6 Å². The Kier molecular flexibility index (Phi) is 7.78. The van der Waals surface area contributed by atoms with Crippen LogP contribution in [-0.2, 0) is 6.18 Å². The molecular weight excluding hydrogens is 533 g/mol. The molecule has 1 fully saturated rings. The summed E-state index contributed by atoms with van der Waals surface area (Å²) in [5.41, 5.74) is 4.99. The Hall–Kier alpha value is -3.41. The minimum absolute atomic E-state index is 0.00919. The number of nitrogens with one attached hydrogen (secondary N) is 1. The van der Waals surface area contributed by atoms with Crippen LogP contribution in [0.2, 0.25) is 0 Å². The van der Waals surface area contributed by atoms with Crippen molar-refractivity contribution in [1.29, 1.82) is 0 Å². The van der Waals surface area contributed by atoms with Crippen LogP contribution in [0.4, 0.5) is 33.5 Å². The third-order valence-corrected chi connectivity index (χ3v) is 7.65. The Morgan fingerprint density at radius 3 is 2.30 bits per heavy atom. The van der Waals surface area contributed by atoms with E-state index in [9.17, 15) is 22.0 Å². The summed E-state index contributed by atoms with van der Waals surface area (Å²) in [7, 11) is 5.16. The Morgan fingerprint density at radius 1 is 1.05 bits per heavy atom. The van der Waals surface area contributed by atoms with E-state index in [1.165, 1.54) is 13.2 Å². The van der Waals surface area contributed by atoms with E-state index < -0.39 is 29.1 Å². The molecule has 0 saturated heterocycles. The highest BCUT2D eigenvalue weighted by atomic mass is 19.4. The van der Waals surface area contributed by atoms with Gasteiger partial charge in [0, 0.05) is 41.4 Å². The number of rotatable bonds is 9. The fourth-order valence-electron chi connectivity index (χ4n) is 5.28. The zero-order valence-electron chi connectivity index (χ0n) is 23.3. The third-order valence-electron chi connectivity index (χ3n) is 7.65. The minimum Gasteiger partial charge on any atom is -0.493 e. The molecule has 1 aromatic heterocycles. The number of hydrogen-bond donors (Lipinski definition) is 2. The van der Waals surface area contributed by atoms with Crippen molar-refractivity contribution in [3.63, 3.8) is 0 Å². The average molecular weight is 568 g/mol. The zero-order valence-corrected chi connectivity index (χ0v) is 23.3. The largest absolute Gasteiger partial charge is 0.493 e. The van der Waals surface area contributed by atoms with Crippen LogP contribution in [0.15, 0.2) is 30.3 Å². The number of hydrogen-bond acceptors (Lipinski definition) is 7. The second kappa shape index (κ2) is 10.5. The summed E-state index contributed by atoms with van der Waals surface area (Å²) in [4.78, 5) is 10.9. The summed E-state index contributed by atoms with van der Waals surface area (Å²) >= 11 is 0. The molecule has 4 rings (SSSR count). The van der Waals surface area contributed by atoms with Crippen molar-refractivity contribution < 1.29 is 31.4 Å². The molecule has 0 spiro atoms. The van der Waals surface area contributed by atoms with Gasteiger partial charge in [-0.15, -0.1) is 0 Å². The van der Waals surface area contributed by atoms with E-state index in [0.717, 1.165) is 12.1 Å². The molecule has 2 aromatic carbocycles. The van der Waals surface area contributed by atoms with Crippen LogP contribution in [0.3, 0.4) is 0 Å². The highest BCUT2D eigenvalue weighted by Crippen LogP contribution is 2.55. The summed E-state index contributed by atoms with van der Waals surface area (Å²) in [5, 5.41) is 3.70. The van der Waals surface area contributed by atoms with E-state index in [2.05, 4.69) is 15.3 Å². The lowest BCUT2D eigenvalue weighted by Gasteiger charge is -2.52. The predicted molar refractivity (Wildman–Crippen MR) is 144 cm³/mol. The summed E-state index contributed by atoms with van der Waals surface area (Å²) < 4.78 is 79.8. The fraction of sp³-hybridized carbons (Fsp3) is 0.500. The molecule has 0 radical (unpaired) electrons. The van der Waals surface area contributed by atoms with E-state index in [-0.39, 0.29) is 31.2 Å². The Morgan fingerprint density at radius 2 is 1.73 bits per heavy atom. The quantitative estimate of drug-likeness (QED) is 0.227. The number of nitrogen functional groups attached to an aromatic ring is 1. The third kappa shape index (κ3) is 6.01. The summed E-state index contributed by atoms with van der Waals surface area (Å²) in [6, 6.07) is 5.96. The number of benzene rings is 2. The van der Waals surface area contributed by atoms with E-state index in [4.69, 9.17) is 15.2 Å². The molecule has 7 nitrogen and oxygen atoms in total. The van der Waals surface area contributed by atoms with Gasteiger partial charge in [-0.25, -0.2) is 18.7 Å². The van der Waals surface area contributed by atoms with Crippen LogP contribution < -0.4 is 20.5 Å². The lowest BCUT2D eigenvalue weighted by Crippen LogP contribution is -2.59. The number of anilines is 2. The van der Waals surface area contributed by atoms with Crippen molar-refractivity contribution in [3.8, 4) is 11.5 Å². The topological polar surface area (TPSA) is 85.5 Å². The van der Waals surface area contributed by atoms with Gasteiger partial charge >= 0.3 is 6.18 Å². The molecule has 0 bridgehead atoms. The Bertz CT molecular complexity index is 1390. The van der Waals surface area contributed by atoms with E-state index >= 15 is 0 Å². The number of nitrogens with zero attached hydrogens (tertiary/aromatic N) is 3. The highest BCUT2D eigenvalue weighted by Gasteiger charge is 2.60. The van der Waals surface area contributed by atoms with Crippen molar-refractivity contribution in [2.45, 2.75) is 57.8 Å². The standard InChI is InChI=1S/C28H34F5N5O2/c1-15(18-7-19(28(31,32)33)9-20(34)8-18)35-25-21-10-24(23(39-6)11-22(21)36-17(3)37-25)40-14-26(16(2)38(4)5)12-27(29,30)13-26/h7-11,15-16H,12-14,34H2,1-6H3,(H,35,36,37)/t15-,16-/m1/s1. The first-order valence-electron chi connectivity index (χ1n) is 12.8. The van der Waals surface area contributed by atoms with Gasteiger partial charge < -0.3 is 25.4 Å². The molecule has 0 unspecified atom stereocenters. The van der Waals surface area contributed by atoms with Crippen LogP contribution in [0, 0.1) is 12.3 Å². The van der Waals surface area contributed by atoms with E-state index in [1.54, 1.807) is 26.0 Å². The number of nitrogens with two attached hydrogens (primary N) is 1.